The van der Waals surface area contributed by atoms with Crippen molar-refractivity contribution in [3.05, 3.63) is 35.5 Å². The summed E-state index contributed by atoms with van der Waals surface area (Å²) in [5, 5.41) is 8.05. The van der Waals surface area contributed by atoms with Crippen LogP contribution in [0.15, 0.2) is 30.5 Å². The van der Waals surface area contributed by atoms with Crippen molar-refractivity contribution in [3.63, 3.8) is 0 Å². The van der Waals surface area contributed by atoms with Crippen molar-refractivity contribution < 1.29 is 0 Å². The highest BCUT2D eigenvalue weighted by Crippen LogP contribution is 2.31. The van der Waals surface area contributed by atoms with Crippen LogP contribution in [0.5, 0.6) is 0 Å². The Bertz CT molecular complexity index is 900. The van der Waals surface area contributed by atoms with Crippen molar-refractivity contribution in [1.82, 2.24) is 20.2 Å². The van der Waals surface area contributed by atoms with Gasteiger partial charge in [-0.2, -0.15) is 5.10 Å². The number of H-pyrrole nitrogens is 1. The zero-order valence-electron chi connectivity index (χ0n) is 14.8. The van der Waals surface area contributed by atoms with E-state index in [9.17, 15) is 0 Å². The molecule has 3 aromatic rings. The quantitative estimate of drug-likeness (QED) is 0.732. The summed E-state index contributed by atoms with van der Waals surface area (Å²) in [7, 11) is 0. The molecule has 4 rings (SSSR count). The largest absolute Gasteiger partial charge is 0.355 e. The first-order chi connectivity index (χ1) is 12.7. The highest BCUT2D eigenvalue weighted by atomic mass is 35.5. The molecule has 0 aliphatic carbocycles. The molecule has 0 bridgehead atoms. The highest BCUT2D eigenvalue weighted by molar-refractivity contribution is 6.33. The summed E-state index contributed by atoms with van der Waals surface area (Å²) in [6.07, 6.45) is 5.06. The molecule has 1 fully saturated rings. The molecule has 0 saturated carbocycles. The van der Waals surface area contributed by atoms with Gasteiger partial charge >= 0.3 is 0 Å². The van der Waals surface area contributed by atoms with Gasteiger partial charge in [-0.05, 0) is 31.2 Å². The van der Waals surface area contributed by atoms with Gasteiger partial charge in [0.05, 0.1) is 16.9 Å². The highest BCUT2D eigenvalue weighted by Gasteiger charge is 2.24. The lowest BCUT2D eigenvalue weighted by Gasteiger charge is -2.34. The fraction of sp³-hybridized carbons (Fsp3) is 0.421. The monoisotopic (exact) mass is 370 g/mol. The minimum atomic E-state index is 0.301. The zero-order chi connectivity index (χ0) is 18.1. The fourth-order valence-electron chi connectivity index (χ4n) is 3.68. The molecule has 1 atom stereocenters. The number of nitrogens with one attached hydrogen (secondary N) is 1. The molecule has 1 aliphatic heterocycles. The average Bonchev–Trinajstić information content (AvgIpc) is 3.11. The molecule has 136 valence electrons. The first kappa shape index (κ1) is 17.2. The second-order valence-electron chi connectivity index (χ2n) is 6.88. The number of hydrogen-bond donors (Lipinski definition) is 2. The van der Waals surface area contributed by atoms with Gasteiger partial charge < -0.3 is 10.6 Å². The van der Waals surface area contributed by atoms with Crippen LogP contribution in [0, 0.1) is 5.92 Å². The maximum atomic E-state index is 6.31. The molecule has 2 aromatic heterocycles. The molecule has 1 unspecified atom stereocenters. The van der Waals surface area contributed by atoms with E-state index in [0.717, 1.165) is 54.9 Å². The second kappa shape index (κ2) is 7.21. The lowest BCUT2D eigenvalue weighted by molar-refractivity contribution is 0.333. The molecule has 1 aliphatic rings. The van der Waals surface area contributed by atoms with Crippen molar-refractivity contribution >= 4 is 28.6 Å². The van der Waals surface area contributed by atoms with Gasteiger partial charge in [0.25, 0.3) is 0 Å². The van der Waals surface area contributed by atoms with Crippen LogP contribution >= 0.6 is 11.6 Å². The number of benzene rings is 1. The molecule has 1 saturated heterocycles. The van der Waals surface area contributed by atoms with Crippen LogP contribution in [0.2, 0.25) is 5.02 Å². The number of aromatic amines is 1. The van der Waals surface area contributed by atoms with Gasteiger partial charge in [-0.15, -0.1) is 0 Å². The Morgan fingerprint density at radius 2 is 2.08 bits per heavy atom. The topological polar surface area (TPSA) is 83.7 Å². The van der Waals surface area contributed by atoms with Crippen LogP contribution in [-0.4, -0.2) is 39.3 Å². The average molecular weight is 371 g/mol. The molecular weight excluding hydrogens is 348 g/mol. The fourth-order valence-corrected chi connectivity index (χ4v) is 3.91. The van der Waals surface area contributed by atoms with Gasteiger partial charge in [0, 0.05) is 24.7 Å². The van der Waals surface area contributed by atoms with E-state index in [-0.39, 0.29) is 0 Å². The van der Waals surface area contributed by atoms with Crippen molar-refractivity contribution in [2.24, 2.45) is 11.7 Å². The molecule has 0 radical (unpaired) electrons. The number of nitrogens with two attached hydrogens (primary N) is 1. The first-order valence-electron chi connectivity index (χ1n) is 9.14. The SMILES string of the molecule is CCC(N)C1CCN(c2cnc3c(-c4ccccc4Cl)[nH]nc3n2)CC1. The van der Waals surface area contributed by atoms with Gasteiger partial charge in [-0.1, -0.05) is 36.7 Å². The Morgan fingerprint density at radius 1 is 1.31 bits per heavy atom. The molecule has 7 heteroatoms. The minimum Gasteiger partial charge on any atom is -0.355 e. The number of anilines is 1. The van der Waals surface area contributed by atoms with Gasteiger partial charge in [0.15, 0.2) is 0 Å². The summed E-state index contributed by atoms with van der Waals surface area (Å²) >= 11 is 6.31. The zero-order valence-corrected chi connectivity index (χ0v) is 15.6. The molecule has 3 N–H and O–H groups in total. The van der Waals surface area contributed by atoms with E-state index >= 15 is 0 Å². The van der Waals surface area contributed by atoms with E-state index in [2.05, 4.69) is 27.0 Å². The normalized spacial score (nSPS) is 17.0. The van der Waals surface area contributed by atoms with Crippen molar-refractivity contribution in [2.75, 3.05) is 18.0 Å². The molecule has 6 nitrogen and oxygen atoms in total. The first-order valence-corrected chi connectivity index (χ1v) is 9.51. The number of piperidine rings is 1. The number of fused-ring (bicyclic) bond motifs is 1. The van der Waals surface area contributed by atoms with Gasteiger partial charge in [-0.25, -0.2) is 9.97 Å². The number of halogens is 1. The van der Waals surface area contributed by atoms with Crippen molar-refractivity contribution in [3.8, 4) is 11.3 Å². The lowest BCUT2D eigenvalue weighted by atomic mass is 9.88. The second-order valence-corrected chi connectivity index (χ2v) is 7.28. The number of nitrogens with zero attached hydrogens (tertiary/aromatic N) is 4. The van der Waals surface area contributed by atoms with Crippen molar-refractivity contribution in [2.45, 2.75) is 32.2 Å². The number of rotatable bonds is 4. The van der Waals surface area contributed by atoms with Crippen LogP contribution in [0.1, 0.15) is 26.2 Å². The van der Waals surface area contributed by atoms with Gasteiger partial charge in [0.2, 0.25) is 5.65 Å². The third-order valence-electron chi connectivity index (χ3n) is 5.34. The predicted molar refractivity (Wildman–Crippen MR) is 105 cm³/mol. The Hall–Kier alpha value is -2.18. The summed E-state index contributed by atoms with van der Waals surface area (Å²) in [5.41, 5.74) is 9.25. The maximum Gasteiger partial charge on any atom is 0.202 e. The Morgan fingerprint density at radius 3 is 2.81 bits per heavy atom. The van der Waals surface area contributed by atoms with Crippen LogP contribution in [-0.2, 0) is 0 Å². The predicted octanol–water partition coefficient (Wildman–Crippen LogP) is 3.63. The molecule has 26 heavy (non-hydrogen) atoms. The standard InChI is InChI=1S/C19H23ClN6/c1-2-15(21)12-7-9-26(10-8-12)16-11-22-18-17(24-25-19(18)23-16)13-5-3-4-6-14(13)20/h3-6,11-12,15H,2,7-10,21H2,1H3,(H,23,24,25). The molecule has 0 amide bonds. The number of aromatic nitrogens is 4. The maximum absolute atomic E-state index is 6.31. The molecule has 0 spiro atoms. The summed E-state index contributed by atoms with van der Waals surface area (Å²) in [5.74, 6) is 1.48. The third kappa shape index (κ3) is 3.15. The molecule has 1 aromatic carbocycles. The van der Waals surface area contributed by atoms with E-state index < -0.39 is 0 Å². The van der Waals surface area contributed by atoms with Crippen LogP contribution < -0.4 is 10.6 Å². The minimum absolute atomic E-state index is 0.301. The summed E-state index contributed by atoms with van der Waals surface area (Å²) in [6, 6.07) is 7.96. The Balaban J connectivity index is 1.57. The Labute approximate surface area is 157 Å². The van der Waals surface area contributed by atoms with E-state index in [1.165, 1.54) is 0 Å². The Kier molecular flexibility index (Phi) is 4.78. The van der Waals surface area contributed by atoms with Crippen LogP contribution in [0.3, 0.4) is 0 Å². The van der Waals surface area contributed by atoms with E-state index in [1.807, 2.05) is 30.5 Å². The number of hydrogen-bond acceptors (Lipinski definition) is 5. The van der Waals surface area contributed by atoms with E-state index in [4.69, 9.17) is 22.3 Å². The van der Waals surface area contributed by atoms with Crippen LogP contribution in [0.4, 0.5) is 5.82 Å². The summed E-state index contributed by atoms with van der Waals surface area (Å²) in [4.78, 5) is 11.6. The van der Waals surface area contributed by atoms with Crippen LogP contribution in [0.25, 0.3) is 22.4 Å². The smallest absolute Gasteiger partial charge is 0.202 e. The molecular formula is C19H23ClN6. The summed E-state index contributed by atoms with van der Waals surface area (Å²) in [6.45, 7) is 4.07. The van der Waals surface area contributed by atoms with Crippen molar-refractivity contribution in [1.29, 1.82) is 0 Å². The third-order valence-corrected chi connectivity index (χ3v) is 5.67. The van der Waals surface area contributed by atoms with E-state index in [0.29, 0.717) is 22.6 Å². The van der Waals surface area contributed by atoms with Gasteiger partial charge in [-0.3, -0.25) is 5.10 Å². The van der Waals surface area contributed by atoms with E-state index in [1.54, 1.807) is 0 Å². The van der Waals surface area contributed by atoms with Gasteiger partial charge in [0.1, 0.15) is 11.3 Å². The summed E-state index contributed by atoms with van der Waals surface area (Å²) < 4.78 is 0. The molecule has 3 heterocycles. The lowest BCUT2D eigenvalue weighted by Crippen LogP contribution is -2.41.